The van der Waals surface area contributed by atoms with Crippen molar-refractivity contribution in [3.05, 3.63) is 29.6 Å². The van der Waals surface area contributed by atoms with Gasteiger partial charge in [-0.05, 0) is 51.9 Å². The number of aromatic nitrogens is 3. The van der Waals surface area contributed by atoms with Gasteiger partial charge in [0.05, 0.1) is 31.1 Å². The minimum absolute atomic E-state index is 0.279. The van der Waals surface area contributed by atoms with E-state index in [0.29, 0.717) is 29.5 Å². The predicted molar refractivity (Wildman–Crippen MR) is 98.0 cm³/mol. The molecule has 2 heterocycles. The van der Waals surface area contributed by atoms with Crippen LogP contribution in [0.3, 0.4) is 0 Å². The van der Waals surface area contributed by atoms with Gasteiger partial charge in [0.15, 0.2) is 5.69 Å². The number of piperidine rings is 1. The van der Waals surface area contributed by atoms with Crippen LogP contribution in [0.4, 0.5) is 5.69 Å². The summed E-state index contributed by atoms with van der Waals surface area (Å²) in [5.41, 5.74) is 1.65. The largest absolute Gasteiger partial charge is 0.497 e. The molecule has 3 rings (SSSR count). The molecule has 0 saturated carbocycles. The van der Waals surface area contributed by atoms with Crippen molar-refractivity contribution in [2.75, 3.05) is 32.1 Å². The Labute approximate surface area is 152 Å². The van der Waals surface area contributed by atoms with Gasteiger partial charge in [-0.15, -0.1) is 5.10 Å². The van der Waals surface area contributed by atoms with Crippen LogP contribution >= 0.6 is 0 Å². The Balaban J connectivity index is 1.81. The maximum Gasteiger partial charge on any atom is 0.278 e. The molecular formula is C18H25N5O3. The third-order valence-electron chi connectivity index (χ3n) is 4.53. The fraction of sp³-hybridized carbons (Fsp3) is 0.500. The average Bonchev–Trinajstić information content (AvgIpc) is 3.05. The molecular weight excluding hydrogens is 334 g/mol. The number of carbonyl (C=O) groups excluding carboxylic acids is 1. The molecule has 1 aromatic carbocycles. The third kappa shape index (κ3) is 3.80. The van der Waals surface area contributed by atoms with E-state index in [0.717, 1.165) is 31.6 Å². The zero-order valence-electron chi connectivity index (χ0n) is 15.4. The normalized spacial score (nSPS) is 14.9. The van der Waals surface area contributed by atoms with Crippen LogP contribution < -0.4 is 20.1 Å². The molecule has 2 aromatic rings. The van der Waals surface area contributed by atoms with Gasteiger partial charge in [0.2, 0.25) is 0 Å². The number of methoxy groups -OCH3 is 1. The molecule has 1 aliphatic heterocycles. The Bertz CT molecular complexity index is 768. The third-order valence-corrected chi connectivity index (χ3v) is 4.53. The van der Waals surface area contributed by atoms with E-state index >= 15 is 0 Å². The lowest BCUT2D eigenvalue weighted by Gasteiger charge is -2.23. The quantitative estimate of drug-likeness (QED) is 0.821. The van der Waals surface area contributed by atoms with Crippen molar-refractivity contribution in [2.24, 2.45) is 0 Å². The molecule has 140 valence electrons. The molecule has 1 saturated heterocycles. The van der Waals surface area contributed by atoms with E-state index in [-0.39, 0.29) is 11.9 Å². The smallest absolute Gasteiger partial charge is 0.278 e. The van der Waals surface area contributed by atoms with Crippen LogP contribution in [0.15, 0.2) is 18.2 Å². The predicted octanol–water partition coefficient (Wildman–Crippen LogP) is 2.17. The first-order chi connectivity index (χ1) is 12.6. The van der Waals surface area contributed by atoms with Crippen molar-refractivity contribution in [3.8, 4) is 11.5 Å². The molecule has 1 fully saturated rings. The first-order valence-electron chi connectivity index (χ1n) is 8.88. The van der Waals surface area contributed by atoms with Crippen molar-refractivity contribution in [1.82, 2.24) is 20.3 Å². The molecule has 1 aliphatic rings. The summed E-state index contributed by atoms with van der Waals surface area (Å²) in [6.07, 6.45) is 1.96. The lowest BCUT2D eigenvalue weighted by molar-refractivity contribution is 0.102. The van der Waals surface area contributed by atoms with Crippen molar-refractivity contribution in [2.45, 2.75) is 32.7 Å². The molecule has 0 radical (unpaired) electrons. The number of carbonyl (C=O) groups is 1. The number of amides is 1. The molecule has 0 aliphatic carbocycles. The number of nitrogens with zero attached hydrogens (tertiary/aromatic N) is 3. The SMILES string of the molecule is CCOc1ccc(OC)cc1NC(=O)c1nnn(C2CCNCC2)c1C. The second-order valence-corrected chi connectivity index (χ2v) is 6.20. The van der Waals surface area contributed by atoms with Crippen molar-refractivity contribution in [1.29, 1.82) is 0 Å². The summed E-state index contributed by atoms with van der Waals surface area (Å²) in [6, 6.07) is 5.58. The summed E-state index contributed by atoms with van der Waals surface area (Å²) in [4.78, 5) is 12.8. The van der Waals surface area contributed by atoms with Crippen LogP contribution in [0.5, 0.6) is 11.5 Å². The molecule has 0 bridgehead atoms. The summed E-state index contributed by atoms with van der Waals surface area (Å²) in [6.45, 7) is 6.18. The Morgan fingerprint density at radius 2 is 2.15 bits per heavy atom. The Kier molecular flexibility index (Phi) is 5.72. The summed E-state index contributed by atoms with van der Waals surface area (Å²) >= 11 is 0. The molecule has 1 amide bonds. The number of benzene rings is 1. The van der Waals surface area contributed by atoms with E-state index in [1.165, 1.54) is 0 Å². The topological polar surface area (TPSA) is 90.3 Å². The van der Waals surface area contributed by atoms with Gasteiger partial charge in [0.1, 0.15) is 11.5 Å². The first-order valence-corrected chi connectivity index (χ1v) is 8.88. The number of nitrogens with one attached hydrogen (secondary N) is 2. The lowest BCUT2D eigenvalue weighted by Crippen LogP contribution is -2.30. The van der Waals surface area contributed by atoms with Gasteiger partial charge in [0, 0.05) is 6.07 Å². The van der Waals surface area contributed by atoms with Crippen LogP contribution in [-0.2, 0) is 0 Å². The van der Waals surface area contributed by atoms with Gasteiger partial charge in [-0.1, -0.05) is 5.21 Å². The van der Waals surface area contributed by atoms with E-state index in [1.807, 2.05) is 18.5 Å². The van der Waals surface area contributed by atoms with E-state index < -0.39 is 0 Å². The molecule has 8 heteroatoms. The maximum atomic E-state index is 12.8. The van der Waals surface area contributed by atoms with Crippen molar-refractivity contribution < 1.29 is 14.3 Å². The highest BCUT2D eigenvalue weighted by molar-refractivity contribution is 6.04. The summed E-state index contributed by atoms with van der Waals surface area (Å²) < 4.78 is 12.7. The molecule has 2 N–H and O–H groups in total. The van der Waals surface area contributed by atoms with Gasteiger partial charge in [-0.2, -0.15) is 0 Å². The number of rotatable bonds is 6. The first kappa shape index (κ1) is 18.2. The number of hydrogen-bond acceptors (Lipinski definition) is 6. The molecule has 0 unspecified atom stereocenters. The second-order valence-electron chi connectivity index (χ2n) is 6.20. The monoisotopic (exact) mass is 359 g/mol. The molecule has 8 nitrogen and oxygen atoms in total. The Hall–Kier alpha value is -2.61. The second kappa shape index (κ2) is 8.18. The van der Waals surface area contributed by atoms with E-state index in [2.05, 4.69) is 20.9 Å². The summed E-state index contributed by atoms with van der Waals surface area (Å²) in [5.74, 6) is 0.917. The van der Waals surface area contributed by atoms with Crippen LogP contribution in [0.1, 0.15) is 42.0 Å². The minimum Gasteiger partial charge on any atom is -0.497 e. The van der Waals surface area contributed by atoms with Crippen LogP contribution in [0.2, 0.25) is 0 Å². The highest BCUT2D eigenvalue weighted by Gasteiger charge is 2.23. The van der Waals surface area contributed by atoms with Crippen LogP contribution in [0, 0.1) is 6.92 Å². The Morgan fingerprint density at radius 3 is 2.85 bits per heavy atom. The Morgan fingerprint density at radius 1 is 1.38 bits per heavy atom. The van der Waals surface area contributed by atoms with Gasteiger partial charge < -0.3 is 20.1 Å². The van der Waals surface area contributed by atoms with Crippen LogP contribution in [0.25, 0.3) is 0 Å². The van der Waals surface area contributed by atoms with Crippen LogP contribution in [-0.4, -0.2) is 47.7 Å². The minimum atomic E-state index is -0.308. The molecule has 0 spiro atoms. The van der Waals surface area contributed by atoms with Crippen molar-refractivity contribution >= 4 is 11.6 Å². The van der Waals surface area contributed by atoms with E-state index in [9.17, 15) is 4.79 Å². The number of hydrogen-bond donors (Lipinski definition) is 2. The highest BCUT2D eigenvalue weighted by atomic mass is 16.5. The zero-order valence-corrected chi connectivity index (χ0v) is 15.4. The molecule has 0 atom stereocenters. The van der Waals surface area contributed by atoms with Gasteiger partial charge >= 0.3 is 0 Å². The summed E-state index contributed by atoms with van der Waals surface area (Å²) in [7, 11) is 1.58. The fourth-order valence-electron chi connectivity index (χ4n) is 3.15. The van der Waals surface area contributed by atoms with E-state index in [4.69, 9.17) is 9.47 Å². The fourth-order valence-corrected chi connectivity index (χ4v) is 3.15. The standard InChI is InChI=1S/C18H25N5O3/c1-4-26-16-6-5-14(25-3)11-15(16)20-18(24)17-12(2)23(22-21-17)13-7-9-19-10-8-13/h5-6,11,13,19H,4,7-10H2,1-3H3,(H,20,24). The number of ether oxygens (including phenoxy) is 2. The highest BCUT2D eigenvalue weighted by Crippen LogP contribution is 2.30. The zero-order chi connectivity index (χ0) is 18.5. The lowest BCUT2D eigenvalue weighted by atomic mass is 10.1. The van der Waals surface area contributed by atoms with Gasteiger partial charge in [0.25, 0.3) is 5.91 Å². The molecule has 26 heavy (non-hydrogen) atoms. The molecule has 1 aromatic heterocycles. The average molecular weight is 359 g/mol. The number of anilines is 1. The summed E-state index contributed by atoms with van der Waals surface area (Å²) in [5, 5.41) is 14.5. The maximum absolute atomic E-state index is 12.8. The van der Waals surface area contributed by atoms with Gasteiger partial charge in [-0.25, -0.2) is 4.68 Å². The van der Waals surface area contributed by atoms with Gasteiger partial charge in [-0.3, -0.25) is 4.79 Å². The van der Waals surface area contributed by atoms with Crippen molar-refractivity contribution in [3.63, 3.8) is 0 Å². The van der Waals surface area contributed by atoms with E-state index in [1.54, 1.807) is 25.3 Å².